The summed E-state index contributed by atoms with van der Waals surface area (Å²) in [6, 6.07) is 5.80. The van der Waals surface area contributed by atoms with Gasteiger partial charge in [-0.05, 0) is 29.8 Å². The first kappa shape index (κ1) is 13.8. The molecule has 7 heteroatoms. The van der Waals surface area contributed by atoms with Gasteiger partial charge in [-0.3, -0.25) is 0 Å². The zero-order valence-electron chi connectivity index (χ0n) is 10.7. The van der Waals surface area contributed by atoms with Crippen molar-refractivity contribution in [3.63, 3.8) is 0 Å². The number of rotatable bonds is 3. The Kier molecular flexibility index (Phi) is 3.48. The van der Waals surface area contributed by atoms with Gasteiger partial charge in [-0.2, -0.15) is 0 Å². The van der Waals surface area contributed by atoms with E-state index in [0.29, 0.717) is 35.3 Å². The van der Waals surface area contributed by atoms with Crippen molar-refractivity contribution >= 4 is 17.6 Å². The van der Waals surface area contributed by atoms with Gasteiger partial charge in [0.1, 0.15) is 25.1 Å². The average molecular weight is 311 g/mol. The third-order valence-electron chi connectivity index (χ3n) is 3.04. The van der Waals surface area contributed by atoms with Crippen LogP contribution in [0.1, 0.15) is 28.0 Å². The zero-order chi connectivity index (χ0) is 15.0. The Hall–Kier alpha value is -2.18. The molecule has 6 nitrogen and oxygen atoms in total. The first-order chi connectivity index (χ1) is 10.1. The summed E-state index contributed by atoms with van der Waals surface area (Å²) < 4.78 is 15.9. The zero-order valence-corrected chi connectivity index (χ0v) is 11.5. The lowest BCUT2D eigenvalue weighted by Gasteiger charge is -2.21. The normalized spacial score (nSPS) is 14.8. The Bertz CT molecular complexity index is 693. The predicted octanol–water partition coefficient (Wildman–Crippen LogP) is 2.48. The van der Waals surface area contributed by atoms with Crippen LogP contribution >= 0.6 is 11.6 Å². The van der Waals surface area contributed by atoms with E-state index in [-0.39, 0.29) is 11.5 Å². The number of carboxylic acid groups (broad SMARTS) is 1. The van der Waals surface area contributed by atoms with Gasteiger partial charge < -0.3 is 24.1 Å². The van der Waals surface area contributed by atoms with E-state index in [1.165, 1.54) is 18.2 Å². The van der Waals surface area contributed by atoms with E-state index < -0.39 is 12.1 Å². The average Bonchev–Trinajstić information content (AvgIpc) is 2.96. The second-order valence-electron chi connectivity index (χ2n) is 4.44. The summed E-state index contributed by atoms with van der Waals surface area (Å²) in [5.74, 6) is -0.459. The molecule has 0 radical (unpaired) electrons. The molecule has 1 aliphatic rings. The van der Waals surface area contributed by atoms with E-state index in [9.17, 15) is 9.90 Å². The lowest BCUT2D eigenvalue weighted by molar-refractivity contribution is 0.0655. The fourth-order valence-corrected chi connectivity index (χ4v) is 2.34. The second-order valence-corrected chi connectivity index (χ2v) is 4.84. The van der Waals surface area contributed by atoms with Gasteiger partial charge in [0.2, 0.25) is 5.76 Å². The Labute approximate surface area is 124 Å². The number of aliphatic hydroxyl groups is 1. The highest BCUT2D eigenvalue weighted by molar-refractivity contribution is 6.32. The summed E-state index contributed by atoms with van der Waals surface area (Å²) in [6.45, 7) is 0.807. The van der Waals surface area contributed by atoms with Crippen molar-refractivity contribution in [1.82, 2.24) is 0 Å². The quantitative estimate of drug-likeness (QED) is 0.905. The van der Waals surface area contributed by atoms with Crippen molar-refractivity contribution in [2.75, 3.05) is 13.2 Å². The molecule has 0 bridgehead atoms. The van der Waals surface area contributed by atoms with Crippen molar-refractivity contribution in [2.45, 2.75) is 6.10 Å². The molecule has 0 amide bonds. The SMILES string of the molecule is O=C(O)c1ccc(C(O)c2cc(Cl)c3c(c2)OCCO3)o1. The minimum atomic E-state index is -1.20. The maximum Gasteiger partial charge on any atom is 0.371 e. The van der Waals surface area contributed by atoms with Crippen LogP contribution in [0.15, 0.2) is 28.7 Å². The van der Waals surface area contributed by atoms with Gasteiger partial charge in [0.25, 0.3) is 0 Å². The Morgan fingerprint density at radius 3 is 2.71 bits per heavy atom. The molecule has 1 aliphatic heterocycles. The van der Waals surface area contributed by atoms with Gasteiger partial charge in [-0.25, -0.2) is 4.79 Å². The Morgan fingerprint density at radius 2 is 2.00 bits per heavy atom. The molecule has 0 aliphatic carbocycles. The third-order valence-corrected chi connectivity index (χ3v) is 3.32. The Balaban J connectivity index is 1.95. The van der Waals surface area contributed by atoms with Gasteiger partial charge in [-0.15, -0.1) is 0 Å². The molecule has 0 saturated heterocycles. The first-order valence-corrected chi connectivity index (χ1v) is 6.54. The molecule has 1 atom stereocenters. The van der Waals surface area contributed by atoms with Gasteiger partial charge >= 0.3 is 5.97 Å². The number of halogens is 1. The van der Waals surface area contributed by atoms with Crippen LogP contribution in [0.4, 0.5) is 0 Å². The number of ether oxygens (including phenoxy) is 2. The third kappa shape index (κ3) is 2.55. The highest BCUT2D eigenvalue weighted by atomic mass is 35.5. The van der Waals surface area contributed by atoms with Gasteiger partial charge in [-0.1, -0.05) is 11.6 Å². The van der Waals surface area contributed by atoms with Crippen LogP contribution in [0.5, 0.6) is 11.5 Å². The summed E-state index contributed by atoms with van der Waals surface area (Å²) in [4.78, 5) is 10.8. The number of aliphatic hydroxyl groups excluding tert-OH is 1. The van der Waals surface area contributed by atoms with Crippen LogP contribution in [0, 0.1) is 0 Å². The van der Waals surface area contributed by atoms with E-state index in [1.807, 2.05) is 0 Å². The number of hydrogen-bond acceptors (Lipinski definition) is 5. The number of hydrogen-bond donors (Lipinski definition) is 2. The summed E-state index contributed by atoms with van der Waals surface area (Å²) in [5.41, 5.74) is 0.426. The van der Waals surface area contributed by atoms with Gasteiger partial charge in [0, 0.05) is 0 Å². The molecule has 0 fully saturated rings. The van der Waals surface area contributed by atoms with Crippen LogP contribution in [-0.2, 0) is 0 Å². The highest BCUT2D eigenvalue weighted by Gasteiger charge is 2.22. The predicted molar refractivity (Wildman–Crippen MR) is 72.2 cm³/mol. The van der Waals surface area contributed by atoms with Crippen molar-refractivity contribution in [2.24, 2.45) is 0 Å². The van der Waals surface area contributed by atoms with E-state index in [2.05, 4.69) is 0 Å². The van der Waals surface area contributed by atoms with E-state index in [0.717, 1.165) is 0 Å². The van der Waals surface area contributed by atoms with E-state index >= 15 is 0 Å². The number of furan rings is 1. The molecule has 2 N–H and O–H groups in total. The van der Waals surface area contributed by atoms with Crippen LogP contribution in [0.25, 0.3) is 0 Å². The summed E-state index contributed by atoms with van der Waals surface area (Å²) in [7, 11) is 0. The molecule has 0 saturated carbocycles. The fraction of sp³-hybridized carbons (Fsp3) is 0.214. The molecule has 0 spiro atoms. The topological polar surface area (TPSA) is 89.1 Å². The van der Waals surface area contributed by atoms with Crippen molar-refractivity contribution in [1.29, 1.82) is 0 Å². The monoisotopic (exact) mass is 310 g/mol. The summed E-state index contributed by atoms with van der Waals surface area (Å²) in [6.07, 6.45) is -1.15. The molecule has 1 aromatic heterocycles. The largest absolute Gasteiger partial charge is 0.486 e. The van der Waals surface area contributed by atoms with E-state index in [1.54, 1.807) is 6.07 Å². The van der Waals surface area contributed by atoms with Gasteiger partial charge in [0.15, 0.2) is 11.5 Å². The van der Waals surface area contributed by atoms with Crippen LogP contribution in [0.3, 0.4) is 0 Å². The second kappa shape index (κ2) is 5.31. The van der Waals surface area contributed by atoms with Crippen molar-refractivity contribution < 1.29 is 28.9 Å². The first-order valence-electron chi connectivity index (χ1n) is 6.16. The van der Waals surface area contributed by atoms with Gasteiger partial charge in [0.05, 0.1) is 5.02 Å². The van der Waals surface area contributed by atoms with E-state index in [4.69, 9.17) is 30.6 Å². The molecule has 21 heavy (non-hydrogen) atoms. The molecular weight excluding hydrogens is 300 g/mol. The Morgan fingerprint density at radius 1 is 1.24 bits per heavy atom. The smallest absolute Gasteiger partial charge is 0.371 e. The molecule has 3 rings (SSSR count). The fourth-order valence-electron chi connectivity index (χ4n) is 2.07. The molecule has 1 unspecified atom stereocenters. The van der Waals surface area contributed by atoms with Crippen LogP contribution in [-0.4, -0.2) is 29.4 Å². The number of benzene rings is 1. The minimum Gasteiger partial charge on any atom is -0.486 e. The summed E-state index contributed by atoms with van der Waals surface area (Å²) in [5, 5.41) is 19.4. The molecular formula is C14H11ClO6. The van der Waals surface area contributed by atoms with Crippen LogP contribution in [0.2, 0.25) is 5.02 Å². The lowest BCUT2D eigenvalue weighted by Crippen LogP contribution is -2.16. The minimum absolute atomic E-state index is 0.111. The highest BCUT2D eigenvalue weighted by Crippen LogP contribution is 2.40. The standard InChI is InChI=1S/C14H11ClO6/c15-8-5-7(6-11-13(8)20-4-3-19-11)12(16)9-1-2-10(21-9)14(17)18/h1-2,5-6,12,16H,3-4H2,(H,17,18). The van der Waals surface area contributed by atoms with Crippen molar-refractivity contribution in [3.8, 4) is 11.5 Å². The number of carboxylic acids is 1. The maximum atomic E-state index is 10.8. The number of carbonyl (C=O) groups is 1. The molecule has 110 valence electrons. The molecule has 2 aromatic rings. The van der Waals surface area contributed by atoms with Crippen molar-refractivity contribution in [3.05, 3.63) is 46.4 Å². The maximum absolute atomic E-state index is 10.8. The lowest BCUT2D eigenvalue weighted by atomic mass is 10.1. The molecule has 1 aromatic carbocycles. The number of aromatic carboxylic acids is 1. The number of fused-ring (bicyclic) bond motifs is 1. The van der Waals surface area contributed by atoms with Crippen LogP contribution < -0.4 is 9.47 Å². The molecule has 2 heterocycles. The summed E-state index contributed by atoms with van der Waals surface area (Å²) >= 11 is 6.09.